The Labute approximate surface area is 182 Å². The van der Waals surface area contributed by atoms with Crippen molar-refractivity contribution >= 4 is 6.09 Å². The van der Waals surface area contributed by atoms with Crippen molar-refractivity contribution in [1.29, 1.82) is 0 Å². The van der Waals surface area contributed by atoms with Gasteiger partial charge >= 0.3 is 6.09 Å². The second kappa shape index (κ2) is 12.6. The molecule has 4 atom stereocenters. The number of carbonyl (C=O) groups is 1. The molecule has 0 aliphatic rings. The first-order valence-corrected chi connectivity index (χ1v) is 10.6. The lowest BCUT2D eigenvalue weighted by Gasteiger charge is -2.25. The normalized spacial score (nSPS) is 16.7. The predicted octanol–water partition coefficient (Wildman–Crippen LogP) is 4.90. The maximum atomic E-state index is 12.1. The second-order valence-electron chi connectivity index (χ2n) is 8.92. The number of amides is 1. The molecule has 0 fully saturated rings. The Morgan fingerprint density at radius 2 is 1.83 bits per heavy atom. The minimum absolute atomic E-state index is 0.0349. The third kappa shape index (κ3) is 10.1. The van der Waals surface area contributed by atoms with Gasteiger partial charge in [-0.05, 0) is 39.7 Å². The van der Waals surface area contributed by atoms with Gasteiger partial charge in [0.05, 0.1) is 12.1 Å². The second-order valence-corrected chi connectivity index (χ2v) is 8.92. The highest BCUT2D eigenvalue weighted by Crippen LogP contribution is 2.17. The molecule has 0 radical (unpaired) electrons. The van der Waals surface area contributed by atoms with Gasteiger partial charge < -0.3 is 19.9 Å². The van der Waals surface area contributed by atoms with E-state index in [4.69, 9.17) is 9.47 Å². The van der Waals surface area contributed by atoms with E-state index in [0.717, 1.165) is 12.0 Å². The van der Waals surface area contributed by atoms with Crippen molar-refractivity contribution in [1.82, 2.24) is 5.32 Å². The highest BCUT2D eigenvalue weighted by molar-refractivity contribution is 5.68. The monoisotopic (exact) mass is 417 g/mol. The number of alkyl carbamates (subject to hydrolysis) is 1. The van der Waals surface area contributed by atoms with Gasteiger partial charge in [0.25, 0.3) is 0 Å². The number of allylic oxidation sites excluding steroid dienone is 2. The van der Waals surface area contributed by atoms with E-state index in [1.807, 2.05) is 65.0 Å². The zero-order valence-corrected chi connectivity index (χ0v) is 19.5. The van der Waals surface area contributed by atoms with Gasteiger partial charge in [-0.25, -0.2) is 4.79 Å². The first-order valence-electron chi connectivity index (χ1n) is 10.6. The predicted molar refractivity (Wildman–Crippen MR) is 122 cm³/mol. The Morgan fingerprint density at radius 1 is 1.20 bits per heavy atom. The molecule has 5 nitrogen and oxygen atoms in total. The lowest BCUT2D eigenvalue weighted by Crippen LogP contribution is -2.42. The first-order chi connectivity index (χ1) is 14.1. The molecule has 0 aromatic heterocycles. The van der Waals surface area contributed by atoms with Crippen LogP contribution in [-0.2, 0) is 15.9 Å². The lowest BCUT2D eigenvalue weighted by molar-refractivity contribution is 0.0493. The van der Waals surface area contributed by atoms with Gasteiger partial charge in [0.2, 0.25) is 0 Å². The van der Waals surface area contributed by atoms with E-state index in [-0.39, 0.29) is 30.6 Å². The molecule has 168 valence electrons. The summed E-state index contributed by atoms with van der Waals surface area (Å²) in [7, 11) is 1.74. The highest BCUT2D eigenvalue weighted by atomic mass is 16.6. The van der Waals surface area contributed by atoms with Crippen LogP contribution in [-0.4, -0.2) is 42.7 Å². The number of nitrogens with one attached hydrogen (secondary N) is 1. The molecule has 1 aromatic carbocycles. The van der Waals surface area contributed by atoms with Crippen LogP contribution in [0.3, 0.4) is 0 Å². The van der Waals surface area contributed by atoms with Crippen LogP contribution in [0.5, 0.6) is 0 Å². The summed E-state index contributed by atoms with van der Waals surface area (Å²) in [5.74, 6) is 0.0798. The van der Waals surface area contributed by atoms with Crippen molar-refractivity contribution in [3.8, 4) is 0 Å². The molecule has 30 heavy (non-hydrogen) atoms. The van der Waals surface area contributed by atoms with Crippen molar-refractivity contribution < 1.29 is 19.4 Å². The van der Waals surface area contributed by atoms with Crippen LogP contribution in [0.15, 0.2) is 54.1 Å². The number of carbonyl (C=O) groups excluding carboxylic acids is 1. The zero-order valence-electron chi connectivity index (χ0n) is 19.5. The number of hydrogen-bond donors (Lipinski definition) is 2. The van der Waals surface area contributed by atoms with E-state index in [9.17, 15) is 9.90 Å². The number of benzene rings is 1. The van der Waals surface area contributed by atoms with E-state index in [2.05, 4.69) is 30.4 Å². The molecule has 0 bridgehead atoms. The topological polar surface area (TPSA) is 67.8 Å². The summed E-state index contributed by atoms with van der Waals surface area (Å²) in [6.07, 6.45) is 6.47. The summed E-state index contributed by atoms with van der Waals surface area (Å²) in [5.41, 5.74) is 1.75. The number of methoxy groups -OCH3 is 1. The third-order valence-corrected chi connectivity index (χ3v) is 4.85. The van der Waals surface area contributed by atoms with Gasteiger partial charge in [0, 0.05) is 25.6 Å². The van der Waals surface area contributed by atoms with Crippen LogP contribution < -0.4 is 5.32 Å². The molecule has 2 N–H and O–H groups in total. The van der Waals surface area contributed by atoms with Gasteiger partial charge in [-0.3, -0.25) is 0 Å². The Kier molecular flexibility index (Phi) is 10.8. The highest BCUT2D eigenvalue weighted by Gasteiger charge is 2.21. The number of aliphatic hydroxyl groups excluding tert-OH is 1. The quantitative estimate of drug-likeness (QED) is 0.531. The summed E-state index contributed by atoms with van der Waals surface area (Å²) < 4.78 is 11.1. The Balaban J connectivity index is 2.81. The van der Waals surface area contributed by atoms with Crippen LogP contribution in [0.4, 0.5) is 4.79 Å². The lowest BCUT2D eigenvalue weighted by atomic mass is 9.95. The number of aliphatic hydroxyl groups is 1. The average Bonchev–Trinajstić information content (AvgIpc) is 2.67. The van der Waals surface area contributed by atoms with E-state index >= 15 is 0 Å². The Hall–Kier alpha value is -2.11. The molecule has 1 rings (SSSR count). The molecular formula is C25H39NO4. The molecule has 1 amide bonds. The minimum Gasteiger partial charge on any atom is -0.444 e. The van der Waals surface area contributed by atoms with Crippen LogP contribution in [0, 0.1) is 11.8 Å². The number of rotatable bonds is 10. The fraction of sp³-hybridized carbons (Fsp3) is 0.560. The summed E-state index contributed by atoms with van der Waals surface area (Å²) in [6, 6.07) is 9.98. The largest absolute Gasteiger partial charge is 0.444 e. The standard InChI is InChI=1S/C25H39NO4/c1-18(15-19(2)23(29-7)16-21-11-9-8-10-12-21)13-14-22(20(3)17-27)26-24(28)30-25(4,5)6/h8-15,19-20,22-23,27H,16-17H2,1-7H3,(H,26,28)/b14-13+,18-15+/t19-,20+,22-,23-/m0/s1. The van der Waals surface area contributed by atoms with E-state index in [1.165, 1.54) is 5.56 Å². The third-order valence-electron chi connectivity index (χ3n) is 4.85. The first kappa shape index (κ1) is 25.9. The molecule has 0 unspecified atom stereocenters. The molecule has 0 spiro atoms. The molecule has 0 heterocycles. The molecule has 0 saturated heterocycles. The van der Waals surface area contributed by atoms with E-state index < -0.39 is 11.7 Å². The zero-order chi connectivity index (χ0) is 22.7. The minimum atomic E-state index is -0.569. The van der Waals surface area contributed by atoms with Gasteiger partial charge in [0.15, 0.2) is 0 Å². The molecule has 0 aliphatic heterocycles. The van der Waals surface area contributed by atoms with Gasteiger partial charge in [-0.1, -0.05) is 68.0 Å². The van der Waals surface area contributed by atoms with E-state index in [0.29, 0.717) is 0 Å². The molecule has 0 aliphatic carbocycles. The van der Waals surface area contributed by atoms with Gasteiger partial charge in [0.1, 0.15) is 5.60 Å². The van der Waals surface area contributed by atoms with Crippen LogP contribution in [0.2, 0.25) is 0 Å². The van der Waals surface area contributed by atoms with Crippen LogP contribution in [0.1, 0.15) is 47.1 Å². The average molecular weight is 418 g/mol. The molecule has 1 aromatic rings. The summed E-state index contributed by atoms with van der Waals surface area (Å²) in [6.45, 7) is 11.5. The maximum absolute atomic E-state index is 12.1. The number of hydrogen-bond acceptors (Lipinski definition) is 4. The van der Waals surface area contributed by atoms with Gasteiger partial charge in [-0.2, -0.15) is 0 Å². The van der Waals surface area contributed by atoms with E-state index in [1.54, 1.807) is 7.11 Å². The van der Waals surface area contributed by atoms with Crippen molar-refractivity contribution in [3.05, 3.63) is 59.7 Å². The molecular weight excluding hydrogens is 378 g/mol. The van der Waals surface area contributed by atoms with Crippen molar-refractivity contribution in [2.75, 3.05) is 13.7 Å². The summed E-state index contributed by atoms with van der Waals surface area (Å²) in [5, 5.41) is 12.4. The Bertz CT molecular complexity index is 691. The fourth-order valence-electron chi connectivity index (χ4n) is 3.10. The summed E-state index contributed by atoms with van der Waals surface area (Å²) in [4.78, 5) is 12.1. The van der Waals surface area contributed by atoms with Gasteiger partial charge in [-0.15, -0.1) is 0 Å². The Morgan fingerprint density at radius 3 is 2.37 bits per heavy atom. The SMILES string of the molecule is CO[C@@H](Cc1ccccc1)[C@@H](C)/C=C(C)/C=C/[C@H](NC(=O)OC(C)(C)C)[C@H](C)CO. The van der Waals surface area contributed by atoms with Crippen molar-refractivity contribution in [2.45, 2.75) is 65.7 Å². The fourth-order valence-corrected chi connectivity index (χ4v) is 3.10. The smallest absolute Gasteiger partial charge is 0.408 e. The summed E-state index contributed by atoms with van der Waals surface area (Å²) >= 11 is 0. The maximum Gasteiger partial charge on any atom is 0.408 e. The van der Waals surface area contributed by atoms with Crippen molar-refractivity contribution in [3.63, 3.8) is 0 Å². The molecule has 5 heteroatoms. The number of ether oxygens (including phenoxy) is 2. The van der Waals surface area contributed by atoms with Crippen LogP contribution in [0.25, 0.3) is 0 Å². The van der Waals surface area contributed by atoms with Crippen LogP contribution >= 0.6 is 0 Å². The van der Waals surface area contributed by atoms with Crippen molar-refractivity contribution in [2.24, 2.45) is 11.8 Å². The molecule has 0 saturated carbocycles.